The van der Waals surface area contributed by atoms with Crippen LogP contribution in [0.2, 0.25) is 0 Å². The van der Waals surface area contributed by atoms with Crippen LogP contribution in [-0.4, -0.2) is 30.5 Å². The fourth-order valence-corrected chi connectivity index (χ4v) is 2.96. The van der Waals surface area contributed by atoms with Crippen molar-refractivity contribution in [2.45, 2.75) is 20.5 Å². The number of benzene rings is 3. The summed E-state index contributed by atoms with van der Waals surface area (Å²) in [4.78, 5) is 35.2. The standard InChI is InChI=1S/C26H26N4O5/c1-3-34-23-14-19(8-13-22(23)35-16-18-6-4-17(2)5-7-18)15-28-30-26(33)25(32)29-21-11-9-20(10-12-21)24(27)31/h4-15H,3,16H2,1-2H3,(H2,27,31)(H,29,32)(H,30,33). The van der Waals surface area contributed by atoms with Crippen LogP contribution in [0.1, 0.15) is 34.0 Å². The first-order valence-electron chi connectivity index (χ1n) is 10.8. The molecule has 9 nitrogen and oxygen atoms in total. The highest BCUT2D eigenvalue weighted by atomic mass is 16.5. The quantitative estimate of drug-likeness (QED) is 0.249. The second-order valence-electron chi connectivity index (χ2n) is 7.51. The number of anilines is 1. The summed E-state index contributed by atoms with van der Waals surface area (Å²) in [5, 5.41) is 6.24. The lowest BCUT2D eigenvalue weighted by Crippen LogP contribution is -2.32. The summed E-state index contributed by atoms with van der Waals surface area (Å²) >= 11 is 0. The zero-order chi connectivity index (χ0) is 25.2. The Morgan fingerprint density at radius 2 is 1.63 bits per heavy atom. The molecule has 0 atom stereocenters. The monoisotopic (exact) mass is 474 g/mol. The Bertz CT molecular complexity index is 1220. The molecular formula is C26H26N4O5. The van der Waals surface area contributed by atoms with Crippen molar-refractivity contribution in [3.8, 4) is 11.5 Å². The van der Waals surface area contributed by atoms with Crippen molar-refractivity contribution in [1.29, 1.82) is 0 Å². The maximum atomic E-state index is 12.0. The molecule has 0 aliphatic heterocycles. The molecule has 0 aliphatic rings. The molecule has 0 heterocycles. The van der Waals surface area contributed by atoms with Gasteiger partial charge in [0.25, 0.3) is 0 Å². The molecule has 0 saturated carbocycles. The van der Waals surface area contributed by atoms with Gasteiger partial charge >= 0.3 is 11.8 Å². The van der Waals surface area contributed by atoms with Gasteiger partial charge in [-0.3, -0.25) is 14.4 Å². The van der Waals surface area contributed by atoms with Gasteiger partial charge < -0.3 is 20.5 Å². The van der Waals surface area contributed by atoms with Gasteiger partial charge in [-0.2, -0.15) is 5.10 Å². The van der Waals surface area contributed by atoms with Gasteiger partial charge in [-0.05, 0) is 67.4 Å². The van der Waals surface area contributed by atoms with Crippen molar-refractivity contribution >= 4 is 29.6 Å². The third kappa shape index (κ3) is 7.43. The lowest BCUT2D eigenvalue weighted by molar-refractivity contribution is -0.136. The van der Waals surface area contributed by atoms with Crippen molar-refractivity contribution < 1.29 is 23.9 Å². The number of hydrogen-bond donors (Lipinski definition) is 3. The van der Waals surface area contributed by atoms with Gasteiger partial charge in [0.2, 0.25) is 5.91 Å². The van der Waals surface area contributed by atoms with Gasteiger partial charge in [0.15, 0.2) is 11.5 Å². The minimum atomic E-state index is -0.955. The van der Waals surface area contributed by atoms with Gasteiger partial charge in [0.05, 0.1) is 12.8 Å². The first-order valence-corrected chi connectivity index (χ1v) is 10.8. The molecule has 4 N–H and O–H groups in total. The summed E-state index contributed by atoms with van der Waals surface area (Å²) < 4.78 is 11.6. The Labute approximate surface area is 202 Å². The van der Waals surface area contributed by atoms with E-state index in [1.54, 1.807) is 18.2 Å². The minimum absolute atomic E-state index is 0.287. The highest BCUT2D eigenvalue weighted by Gasteiger charge is 2.13. The first kappa shape index (κ1) is 25.0. The predicted octanol–water partition coefficient (Wildman–Crippen LogP) is 3.16. The van der Waals surface area contributed by atoms with Crippen LogP contribution in [0.5, 0.6) is 11.5 Å². The molecule has 0 aromatic heterocycles. The van der Waals surface area contributed by atoms with E-state index in [4.69, 9.17) is 15.2 Å². The second-order valence-corrected chi connectivity index (χ2v) is 7.51. The minimum Gasteiger partial charge on any atom is -0.490 e. The largest absolute Gasteiger partial charge is 0.490 e. The lowest BCUT2D eigenvalue weighted by atomic mass is 10.2. The molecule has 0 unspecified atom stereocenters. The smallest absolute Gasteiger partial charge is 0.329 e. The zero-order valence-corrected chi connectivity index (χ0v) is 19.4. The third-order valence-corrected chi connectivity index (χ3v) is 4.80. The van der Waals surface area contributed by atoms with E-state index in [0.717, 1.165) is 5.56 Å². The summed E-state index contributed by atoms with van der Waals surface area (Å²) in [5.41, 5.74) is 10.8. The van der Waals surface area contributed by atoms with Crippen LogP contribution in [0.4, 0.5) is 5.69 Å². The number of carbonyl (C=O) groups excluding carboxylic acids is 3. The lowest BCUT2D eigenvalue weighted by Gasteiger charge is -2.12. The second kappa shape index (κ2) is 12.0. The van der Waals surface area contributed by atoms with Crippen LogP contribution in [0.15, 0.2) is 71.8 Å². The molecule has 3 aromatic carbocycles. The molecule has 9 heteroatoms. The van der Waals surface area contributed by atoms with Gasteiger partial charge in [-0.25, -0.2) is 5.43 Å². The van der Waals surface area contributed by atoms with Crippen LogP contribution in [0.3, 0.4) is 0 Å². The number of hydrogen-bond acceptors (Lipinski definition) is 6. The van der Waals surface area contributed by atoms with E-state index in [1.165, 1.54) is 36.0 Å². The Balaban J connectivity index is 1.57. The van der Waals surface area contributed by atoms with Crippen LogP contribution in [-0.2, 0) is 16.2 Å². The molecule has 3 rings (SSSR count). The molecule has 0 fully saturated rings. The number of primary amides is 1. The Morgan fingerprint density at radius 1 is 0.914 bits per heavy atom. The maximum Gasteiger partial charge on any atom is 0.329 e. The number of rotatable bonds is 9. The summed E-state index contributed by atoms with van der Waals surface area (Å²) in [6.07, 6.45) is 1.39. The molecular weight excluding hydrogens is 448 g/mol. The van der Waals surface area contributed by atoms with Crippen molar-refractivity contribution in [1.82, 2.24) is 5.43 Å². The van der Waals surface area contributed by atoms with Crippen molar-refractivity contribution in [3.63, 3.8) is 0 Å². The van der Waals surface area contributed by atoms with Crippen molar-refractivity contribution in [2.24, 2.45) is 10.8 Å². The normalized spacial score (nSPS) is 10.6. The third-order valence-electron chi connectivity index (χ3n) is 4.80. The SMILES string of the molecule is CCOc1cc(C=NNC(=O)C(=O)Nc2ccc(C(N)=O)cc2)ccc1OCc1ccc(C)cc1. The summed E-state index contributed by atoms with van der Waals surface area (Å²) in [7, 11) is 0. The van der Waals surface area contributed by atoms with Crippen molar-refractivity contribution in [3.05, 3.63) is 89.0 Å². The molecule has 3 aromatic rings. The topological polar surface area (TPSA) is 132 Å². The number of ether oxygens (including phenoxy) is 2. The fourth-order valence-electron chi connectivity index (χ4n) is 2.96. The van der Waals surface area contributed by atoms with Gasteiger partial charge in [-0.1, -0.05) is 29.8 Å². The molecule has 0 radical (unpaired) electrons. The number of nitrogens with zero attached hydrogens (tertiary/aromatic N) is 1. The zero-order valence-electron chi connectivity index (χ0n) is 19.4. The van der Waals surface area contributed by atoms with E-state index in [2.05, 4.69) is 15.8 Å². The molecule has 35 heavy (non-hydrogen) atoms. The van der Waals surface area contributed by atoms with Crippen LogP contribution in [0, 0.1) is 6.92 Å². The summed E-state index contributed by atoms with van der Waals surface area (Å²) in [6.45, 7) is 4.73. The summed E-state index contributed by atoms with van der Waals surface area (Å²) in [5.74, 6) is -1.34. The van der Waals surface area contributed by atoms with Crippen LogP contribution >= 0.6 is 0 Å². The van der Waals surface area contributed by atoms with E-state index in [1.807, 2.05) is 38.1 Å². The Hall–Kier alpha value is -4.66. The van der Waals surface area contributed by atoms with E-state index in [0.29, 0.717) is 36.0 Å². The molecule has 180 valence electrons. The number of nitrogens with two attached hydrogens (primary N) is 1. The number of carbonyl (C=O) groups is 3. The number of hydrazone groups is 1. The predicted molar refractivity (Wildman–Crippen MR) is 132 cm³/mol. The molecule has 0 saturated heterocycles. The van der Waals surface area contributed by atoms with Crippen LogP contribution < -0.4 is 25.9 Å². The average molecular weight is 475 g/mol. The van der Waals surface area contributed by atoms with E-state index in [-0.39, 0.29) is 5.56 Å². The molecule has 3 amide bonds. The summed E-state index contributed by atoms with van der Waals surface area (Å²) in [6, 6.07) is 19.1. The van der Waals surface area contributed by atoms with Gasteiger partial charge in [0, 0.05) is 11.3 Å². The highest BCUT2D eigenvalue weighted by Crippen LogP contribution is 2.29. The first-order chi connectivity index (χ1) is 16.9. The number of aryl methyl sites for hydroxylation is 1. The van der Waals surface area contributed by atoms with Crippen molar-refractivity contribution in [2.75, 3.05) is 11.9 Å². The van der Waals surface area contributed by atoms with E-state index >= 15 is 0 Å². The van der Waals surface area contributed by atoms with Crippen LogP contribution in [0.25, 0.3) is 0 Å². The Kier molecular flexibility index (Phi) is 8.55. The Morgan fingerprint density at radius 3 is 2.29 bits per heavy atom. The number of nitrogens with one attached hydrogen (secondary N) is 2. The highest BCUT2D eigenvalue weighted by molar-refractivity contribution is 6.39. The van der Waals surface area contributed by atoms with E-state index < -0.39 is 17.7 Å². The van der Waals surface area contributed by atoms with E-state index in [9.17, 15) is 14.4 Å². The molecule has 0 bridgehead atoms. The van der Waals surface area contributed by atoms with Gasteiger partial charge in [-0.15, -0.1) is 0 Å². The molecule has 0 aliphatic carbocycles. The average Bonchev–Trinajstić information content (AvgIpc) is 2.85. The molecule has 0 spiro atoms. The fraction of sp³-hybridized carbons (Fsp3) is 0.154. The number of amides is 3. The maximum absolute atomic E-state index is 12.0. The van der Waals surface area contributed by atoms with Gasteiger partial charge in [0.1, 0.15) is 6.61 Å².